The van der Waals surface area contributed by atoms with Gasteiger partial charge in [-0.2, -0.15) is 0 Å². The molecule has 2 amide bonds. The van der Waals surface area contributed by atoms with Crippen molar-refractivity contribution in [1.82, 2.24) is 10.2 Å². The number of nitrogens with zero attached hydrogens (tertiary/aromatic N) is 1. The summed E-state index contributed by atoms with van der Waals surface area (Å²) < 4.78 is 5.61. The molecule has 0 saturated heterocycles. The van der Waals surface area contributed by atoms with Crippen LogP contribution in [0.4, 0.5) is 4.79 Å². The van der Waals surface area contributed by atoms with Crippen LogP contribution in [0.1, 0.15) is 42.7 Å². The standard InChI is InChI=1S/C25H28N2O5/c1-27(14-24(29)30)23(28)13-16-10-11-17(12-16)26-25(31)32-15-22-20-8-4-2-6-18(20)19-7-3-5-9-21(19)22/h2-9,16-17,22H,10-15H2,1H3,(H,26,31)(H,29,30). The van der Waals surface area contributed by atoms with Gasteiger partial charge in [-0.3, -0.25) is 9.59 Å². The van der Waals surface area contributed by atoms with Gasteiger partial charge in [-0.05, 0) is 47.4 Å². The molecule has 2 aliphatic carbocycles. The second kappa shape index (κ2) is 9.42. The van der Waals surface area contributed by atoms with Crippen molar-refractivity contribution in [3.63, 3.8) is 0 Å². The fourth-order valence-corrected chi connectivity index (χ4v) is 4.89. The van der Waals surface area contributed by atoms with Crippen LogP contribution in [0.5, 0.6) is 0 Å². The number of carboxylic acid groups (broad SMARTS) is 1. The molecule has 0 heterocycles. The second-order valence-corrected chi connectivity index (χ2v) is 8.69. The Labute approximate surface area is 187 Å². The predicted molar refractivity (Wildman–Crippen MR) is 119 cm³/mol. The number of hydrogen-bond acceptors (Lipinski definition) is 4. The van der Waals surface area contributed by atoms with E-state index in [4.69, 9.17) is 9.84 Å². The lowest BCUT2D eigenvalue weighted by atomic mass is 9.98. The van der Waals surface area contributed by atoms with E-state index in [0.29, 0.717) is 12.8 Å². The van der Waals surface area contributed by atoms with Crippen LogP contribution in [-0.2, 0) is 14.3 Å². The van der Waals surface area contributed by atoms with E-state index in [1.807, 2.05) is 24.3 Å². The second-order valence-electron chi connectivity index (χ2n) is 8.69. The number of fused-ring (bicyclic) bond motifs is 3. The minimum Gasteiger partial charge on any atom is -0.480 e. The molecule has 2 aromatic rings. The van der Waals surface area contributed by atoms with Crippen LogP contribution < -0.4 is 5.32 Å². The Hall–Kier alpha value is -3.35. The molecule has 1 saturated carbocycles. The van der Waals surface area contributed by atoms with Gasteiger partial charge in [0, 0.05) is 25.4 Å². The highest BCUT2D eigenvalue weighted by Gasteiger charge is 2.31. The van der Waals surface area contributed by atoms with E-state index in [-0.39, 0.29) is 36.9 Å². The van der Waals surface area contributed by atoms with Crippen LogP contribution in [0.15, 0.2) is 48.5 Å². The lowest BCUT2D eigenvalue weighted by Crippen LogP contribution is -2.35. The molecule has 7 heteroatoms. The highest BCUT2D eigenvalue weighted by Crippen LogP contribution is 2.44. The number of benzene rings is 2. The molecular weight excluding hydrogens is 408 g/mol. The minimum absolute atomic E-state index is 0.0203. The van der Waals surface area contributed by atoms with E-state index in [1.54, 1.807) is 0 Å². The first-order chi connectivity index (χ1) is 15.4. The molecule has 2 aliphatic rings. The van der Waals surface area contributed by atoms with Crippen LogP contribution in [0.2, 0.25) is 0 Å². The lowest BCUT2D eigenvalue weighted by Gasteiger charge is -2.18. The van der Waals surface area contributed by atoms with E-state index < -0.39 is 12.1 Å². The number of aliphatic carboxylic acids is 1. The van der Waals surface area contributed by atoms with Crippen LogP contribution in [0, 0.1) is 5.92 Å². The van der Waals surface area contributed by atoms with Crippen LogP contribution in [-0.4, -0.2) is 54.2 Å². The van der Waals surface area contributed by atoms with E-state index >= 15 is 0 Å². The molecule has 0 bridgehead atoms. The number of carbonyl (C=O) groups excluding carboxylic acids is 2. The van der Waals surface area contributed by atoms with Crippen LogP contribution >= 0.6 is 0 Å². The highest BCUT2D eigenvalue weighted by atomic mass is 16.5. The molecule has 1 fully saturated rings. The monoisotopic (exact) mass is 436 g/mol. The molecular formula is C25H28N2O5. The summed E-state index contributed by atoms with van der Waals surface area (Å²) in [7, 11) is 1.50. The first-order valence-electron chi connectivity index (χ1n) is 11.0. The van der Waals surface area contributed by atoms with Crippen molar-refractivity contribution in [2.75, 3.05) is 20.2 Å². The van der Waals surface area contributed by atoms with Gasteiger partial charge < -0.3 is 20.1 Å². The van der Waals surface area contributed by atoms with Gasteiger partial charge >= 0.3 is 12.1 Å². The maximum Gasteiger partial charge on any atom is 0.407 e. The van der Waals surface area contributed by atoms with Crippen molar-refractivity contribution in [1.29, 1.82) is 0 Å². The zero-order valence-electron chi connectivity index (χ0n) is 18.1. The fourth-order valence-electron chi connectivity index (χ4n) is 4.89. The maximum absolute atomic E-state index is 12.5. The van der Waals surface area contributed by atoms with Gasteiger partial charge in [0.2, 0.25) is 5.91 Å². The van der Waals surface area contributed by atoms with Crippen molar-refractivity contribution in [2.45, 2.75) is 37.6 Å². The molecule has 4 rings (SSSR count). The van der Waals surface area contributed by atoms with E-state index in [9.17, 15) is 14.4 Å². The quantitative estimate of drug-likeness (QED) is 0.691. The Morgan fingerprint density at radius 2 is 1.66 bits per heavy atom. The first-order valence-corrected chi connectivity index (χ1v) is 11.0. The van der Waals surface area contributed by atoms with Crippen molar-refractivity contribution < 1.29 is 24.2 Å². The molecule has 168 valence electrons. The number of carboxylic acids is 1. The summed E-state index contributed by atoms with van der Waals surface area (Å²) in [5, 5.41) is 11.8. The molecule has 0 aromatic heterocycles. The van der Waals surface area contributed by atoms with Crippen molar-refractivity contribution in [3.8, 4) is 11.1 Å². The SMILES string of the molecule is CN(CC(=O)O)C(=O)CC1CCC(NC(=O)OCC2c3ccccc3-c3ccccc32)C1. The Morgan fingerprint density at radius 1 is 1.03 bits per heavy atom. The Bertz CT molecular complexity index is 975. The molecule has 32 heavy (non-hydrogen) atoms. The number of amides is 2. The first kappa shape index (κ1) is 21.9. The number of nitrogens with one attached hydrogen (secondary N) is 1. The zero-order chi connectivity index (χ0) is 22.7. The smallest absolute Gasteiger partial charge is 0.407 e. The average molecular weight is 437 g/mol. The summed E-state index contributed by atoms with van der Waals surface area (Å²) in [6, 6.07) is 16.4. The minimum atomic E-state index is -1.03. The third-order valence-corrected chi connectivity index (χ3v) is 6.47. The third kappa shape index (κ3) is 4.77. The van der Waals surface area contributed by atoms with Gasteiger partial charge in [0.05, 0.1) is 0 Å². The van der Waals surface area contributed by atoms with Crippen molar-refractivity contribution in [3.05, 3.63) is 59.7 Å². The molecule has 0 aliphatic heterocycles. The third-order valence-electron chi connectivity index (χ3n) is 6.47. The van der Waals surface area contributed by atoms with Gasteiger partial charge in [-0.15, -0.1) is 0 Å². The summed E-state index contributed by atoms with van der Waals surface area (Å²) >= 11 is 0. The van der Waals surface area contributed by atoms with E-state index in [1.165, 1.54) is 34.2 Å². The van der Waals surface area contributed by atoms with Crippen LogP contribution in [0.25, 0.3) is 11.1 Å². The highest BCUT2D eigenvalue weighted by molar-refractivity contribution is 5.81. The number of likely N-dealkylation sites (N-methyl/N-ethyl adjacent to an activating group) is 1. The van der Waals surface area contributed by atoms with Crippen molar-refractivity contribution >= 4 is 18.0 Å². The average Bonchev–Trinajstić information content (AvgIpc) is 3.33. The Morgan fingerprint density at radius 3 is 2.28 bits per heavy atom. The van der Waals surface area contributed by atoms with Crippen molar-refractivity contribution in [2.24, 2.45) is 5.92 Å². The molecule has 2 aromatic carbocycles. The van der Waals surface area contributed by atoms with E-state index in [2.05, 4.69) is 29.6 Å². The van der Waals surface area contributed by atoms with Gasteiger partial charge in [0.1, 0.15) is 13.2 Å². The van der Waals surface area contributed by atoms with Gasteiger partial charge in [0.15, 0.2) is 0 Å². The molecule has 2 atom stereocenters. The largest absolute Gasteiger partial charge is 0.480 e. The number of alkyl carbamates (subject to hydrolysis) is 1. The Kier molecular flexibility index (Phi) is 6.44. The number of ether oxygens (including phenoxy) is 1. The normalized spacial score (nSPS) is 19.2. The summed E-state index contributed by atoms with van der Waals surface area (Å²) in [6.07, 6.45) is 2.15. The number of hydrogen-bond donors (Lipinski definition) is 2. The summed E-state index contributed by atoms with van der Waals surface area (Å²) in [6.45, 7) is -0.0263. The lowest BCUT2D eigenvalue weighted by molar-refractivity contribution is -0.143. The fraction of sp³-hybridized carbons (Fsp3) is 0.400. The number of rotatable bonds is 7. The summed E-state index contributed by atoms with van der Waals surface area (Å²) in [4.78, 5) is 36.6. The molecule has 2 N–H and O–H groups in total. The molecule has 7 nitrogen and oxygen atoms in total. The Balaban J connectivity index is 1.27. The van der Waals surface area contributed by atoms with Gasteiger partial charge in [-0.25, -0.2) is 4.79 Å². The van der Waals surface area contributed by atoms with Crippen LogP contribution in [0.3, 0.4) is 0 Å². The molecule has 0 spiro atoms. The number of carbonyl (C=O) groups is 3. The summed E-state index contributed by atoms with van der Waals surface area (Å²) in [5.41, 5.74) is 4.72. The maximum atomic E-state index is 12.5. The van der Waals surface area contributed by atoms with E-state index in [0.717, 1.165) is 12.8 Å². The van der Waals surface area contributed by atoms with Gasteiger partial charge in [0.25, 0.3) is 0 Å². The van der Waals surface area contributed by atoms with Gasteiger partial charge in [-0.1, -0.05) is 48.5 Å². The molecule has 0 radical (unpaired) electrons. The topological polar surface area (TPSA) is 95.9 Å². The zero-order valence-corrected chi connectivity index (χ0v) is 18.1. The molecule has 2 unspecified atom stereocenters. The summed E-state index contributed by atoms with van der Waals surface area (Å²) in [5.74, 6) is -1.05. The predicted octanol–water partition coefficient (Wildman–Crippen LogP) is 3.63.